The van der Waals surface area contributed by atoms with Crippen molar-refractivity contribution in [1.82, 2.24) is 4.90 Å². The van der Waals surface area contributed by atoms with Gasteiger partial charge in [0.05, 0.1) is 11.5 Å². The van der Waals surface area contributed by atoms with Crippen molar-refractivity contribution >= 4 is 9.84 Å². The van der Waals surface area contributed by atoms with E-state index in [1.807, 2.05) is 0 Å². The van der Waals surface area contributed by atoms with Crippen LogP contribution >= 0.6 is 0 Å². The number of nitrogens with two attached hydrogens (primary N) is 1. The minimum Gasteiger partial charge on any atom is -0.329 e. The van der Waals surface area contributed by atoms with Crippen LogP contribution in [-0.4, -0.2) is 50.0 Å². The van der Waals surface area contributed by atoms with E-state index in [0.717, 1.165) is 6.42 Å². The van der Waals surface area contributed by atoms with E-state index in [1.54, 1.807) is 0 Å². The van der Waals surface area contributed by atoms with Gasteiger partial charge in [0, 0.05) is 25.2 Å². The van der Waals surface area contributed by atoms with Gasteiger partial charge in [-0.25, -0.2) is 8.42 Å². The minimum absolute atomic E-state index is 0.0256. The lowest BCUT2D eigenvalue weighted by Crippen LogP contribution is -2.56. The van der Waals surface area contributed by atoms with Crippen molar-refractivity contribution in [2.24, 2.45) is 5.73 Å². The molecule has 5 heteroatoms. The second kappa shape index (κ2) is 7.60. The summed E-state index contributed by atoms with van der Waals surface area (Å²) in [6.07, 6.45) is 7.39. The molecule has 0 radical (unpaired) electrons. The molecule has 1 unspecified atom stereocenters. The van der Waals surface area contributed by atoms with Crippen LogP contribution in [0.4, 0.5) is 0 Å². The summed E-state index contributed by atoms with van der Waals surface area (Å²) in [6.45, 7) is 6.31. The summed E-state index contributed by atoms with van der Waals surface area (Å²) >= 11 is 0. The third kappa shape index (κ3) is 5.40. The molecule has 1 rings (SSSR count). The van der Waals surface area contributed by atoms with E-state index >= 15 is 0 Å². The molecule has 1 heterocycles. The normalized spacial score (nSPS) is 23.1. The van der Waals surface area contributed by atoms with Crippen molar-refractivity contribution in [1.29, 1.82) is 0 Å². The lowest BCUT2D eigenvalue weighted by molar-refractivity contribution is 0.109. The standard InChI is InChI=1S/C14H30N2O2S/c1-3-4-5-6-7-8-14(2,13-15)16-9-11-19(17,18)12-10-16/h3-13,15H2,1-2H3. The average molecular weight is 290 g/mol. The highest BCUT2D eigenvalue weighted by Gasteiger charge is 2.34. The number of nitrogens with zero attached hydrogens (tertiary/aromatic N) is 1. The number of rotatable bonds is 8. The van der Waals surface area contributed by atoms with Gasteiger partial charge in [-0.2, -0.15) is 0 Å². The van der Waals surface area contributed by atoms with Gasteiger partial charge >= 0.3 is 0 Å². The summed E-state index contributed by atoms with van der Waals surface area (Å²) in [6, 6.07) is 0. The predicted molar refractivity (Wildman–Crippen MR) is 81.1 cm³/mol. The Morgan fingerprint density at radius 3 is 2.21 bits per heavy atom. The monoisotopic (exact) mass is 290 g/mol. The summed E-state index contributed by atoms with van der Waals surface area (Å²) in [5.74, 6) is 0.580. The Morgan fingerprint density at radius 1 is 1.11 bits per heavy atom. The zero-order valence-corrected chi connectivity index (χ0v) is 13.3. The zero-order chi connectivity index (χ0) is 14.4. The van der Waals surface area contributed by atoms with Crippen LogP contribution in [0, 0.1) is 0 Å². The van der Waals surface area contributed by atoms with Gasteiger partial charge in [0.1, 0.15) is 0 Å². The maximum Gasteiger partial charge on any atom is 0.152 e. The van der Waals surface area contributed by atoms with Crippen molar-refractivity contribution < 1.29 is 8.42 Å². The van der Waals surface area contributed by atoms with Crippen molar-refractivity contribution in [2.45, 2.75) is 57.9 Å². The van der Waals surface area contributed by atoms with Crippen molar-refractivity contribution in [2.75, 3.05) is 31.1 Å². The number of hydrogen-bond acceptors (Lipinski definition) is 4. The Kier molecular flexibility index (Phi) is 6.77. The molecule has 0 aromatic heterocycles. The molecule has 1 aliphatic rings. The molecule has 1 fully saturated rings. The Hall–Kier alpha value is -0.130. The Labute approximate surface area is 118 Å². The fourth-order valence-corrected chi connectivity index (χ4v) is 3.95. The number of hydrogen-bond donors (Lipinski definition) is 1. The average Bonchev–Trinajstić information content (AvgIpc) is 2.38. The quantitative estimate of drug-likeness (QED) is 0.692. The van der Waals surface area contributed by atoms with Crippen LogP contribution in [0.3, 0.4) is 0 Å². The van der Waals surface area contributed by atoms with E-state index < -0.39 is 9.84 Å². The topological polar surface area (TPSA) is 63.4 Å². The molecule has 1 atom stereocenters. The molecule has 0 aliphatic carbocycles. The van der Waals surface area contributed by atoms with Gasteiger partial charge in [-0.05, 0) is 13.3 Å². The second-order valence-electron chi connectivity index (χ2n) is 6.00. The van der Waals surface area contributed by atoms with Crippen LogP contribution in [-0.2, 0) is 9.84 Å². The first kappa shape index (κ1) is 16.9. The summed E-state index contributed by atoms with van der Waals surface area (Å²) in [5.41, 5.74) is 5.93. The molecular weight excluding hydrogens is 260 g/mol. The minimum atomic E-state index is -2.80. The van der Waals surface area contributed by atoms with Crippen LogP contribution in [0.2, 0.25) is 0 Å². The molecule has 19 heavy (non-hydrogen) atoms. The zero-order valence-electron chi connectivity index (χ0n) is 12.5. The van der Waals surface area contributed by atoms with E-state index in [2.05, 4.69) is 18.7 Å². The fourth-order valence-electron chi connectivity index (χ4n) is 2.75. The molecule has 0 bridgehead atoms. The molecule has 0 aromatic carbocycles. The maximum absolute atomic E-state index is 11.5. The second-order valence-corrected chi connectivity index (χ2v) is 8.31. The molecular formula is C14H30N2O2S. The molecule has 4 nitrogen and oxygen atoms in total. The molecule has 0 aromatic rings. The largest absolute Gasteiger partial charge is 0.329 e. The van der Waals surface area contributed by atoms with Crippen LogP contribution < -0.4 is 5.73 Å². The molecule has 1 aliphatic heterocycles. The smallest absolute Gasteiger partial charge is 0.152 e. The van der Waals surface area contributed by atoms with Crippen molar-refractivity contribution in [3.05, 3.63) is 0 Å². The van der Waals surface area contributed by atoms with Crippen LogP contribution in [0.15, 0.2) is 0 Å². The molecule has 0 saturated carbocycles. The van der Waals surface area contributed by atoms with E-state index in [1.165, 1.54) is 32.1 Å². The number of unbranched alkanes of at least 4 members (excludes halogenated alkanes) is 4. The van der Waals surface area contributed by atoms with Crippen molar-refractivity contribution in [3.63, 3.8) is 0 Å². The molecule has 1 saturated heterocycles. The molecule has 2 N–H and O–H groups in total. The third-order valence-electron chi connectivity index (χ3n) is 4.37. The van der Waals surface area contributed by atoms with Gasteiger partial charge in [0.15, 0.2) is 9.84 Å². The molecule has 114 valence electrons. The first-order chi connectivity index (χ1) is 8.93. The highest BCUT2D eigenvalue weighted by Crippen LogP contribution is 2.24. The Bertz CT molecular complexity index is 342. The van der Waals surface area contributed by atoms with Gasteiger partial charge in [-0.3, -0.25) is 4.90 Å². The van der Waals surface area contributed by atoms with E-state index in [9.17, 15) is 8.42 Å². The van der Waals surface area contributed by atoms with E-state index in [0.29, 0.717) is 31.1 Å². The van der Waals surface area contributed by atoms with Crippen molar-refractivity contribution in [3.8, 4) is 0 Å². The summed E-state index contributed by atoms with van der Waals surface area (Å²) < 4.78 is 23.0. The first-order valence-electron chi connectivity index (χ1n) is 7.59. The fraction of sp³-hybridized carbons (Fsp3) is 1.00. The first-order valence-corrected chi connectivity index (χ1v) is 9.41. The predicted octanol–water partition coefficient (Wildman–Crippen LogP) is 1.79. The molecule has 0 amide bonds. The highest BCUT2D eigenvalue weighted by atomic mass is 32.2. The summed E-state index contributed by atoms with van der Waals surface area (Å²) in [4.78, 5) is 2.29. The van der Waals surface area contributed by atoms with Crippen LogP contribution in [0.25, 0.3) is 0 Å². The highest BCUT2D eigenvalue weighted by molar-refractivity contribution is 7.91. The van der Waals surface area contributed by atoms with E-state index in [-0.39, 0.29) is 5.54 Å². The Balaban J connectivity index is 2.41. The van der Waals surface area contributed by atoms with Crippen LogP contribution in [0.1, 0.15) is 52.4 Å². The SMILES string of the molecule is CCCCCCCC(C)(CN)N1CCS(=O)(=O)CC1. The maximum atomic E-state index is 11.5. The van der Waals surface area contributed by atoms with Gasteiger partial charge in [-0.1, -0.05) is 39.0 Å². The van der Waals surface area contributed by atoms with Crippen LogP contribution in [0.5, 0.6) is 0 Å². The van der Waals surface area contributed by atoms with Gasteiger partial charge in [0.25, 0.3) is 0 Å². The molecule has 0 spiro atoms. The lowest BCUT2D eigenvalue weighted by atomic mass is 9.92. The third-order valence-corrected chi connectivity index (χ3v) is 5.98. The van der Waals surface area contributed by atoms with Gasteiger partial charge in [-0.15, -0.1) is 0 Å². The Morgan fingerprint density at radius 2 is 1.68 bits per heavy atom. The van der Waals surface area contributed by atoms with Gasteiger partial charge < -0.3 is 5.73 Å². The lowest BCUT2D eigenvalue weighted by Gasteiger charge is -2.42. The van der Waals surface area contributed by atoms with Gasteiger partial charge in [0.2, 0.25) is 0 Å². The van der Waals surface area contributed by atoms with E-state index in [4.69, 9.17) is 5.73 Å². The summed E-state index contributed by atoms with van der Waals surface area (Å²) in [7, 11) is -2.80. The number of sulfone groups is 1. The summed E-state index contributed by atoms with van der Waals surface area (Å²) in [5, 5.41) is 0.